The number of rotatable bonds is 5. The zero-order valence-electron chi connectivity index (χ0n) is 11.9. The summed E-state index contributed by atoms with van der Waals surface area (Å²) in [6, 6.07) is 0.592. The molecule has 0 aromatic heterocycles. The fraction of sp³-hybridized carbons (Fsp3) is 0.857. The Bertz CT molecular complexity index is 332. The van der Waals surface area contributed by atoms with Gasteiger partial charge in [0, 0.05) is 31.1 Å². The van der Waals surface area contributed by atoms with Crippen LogP contribution < -0.4 is 10.6 Å². The maximum Gasteiger partial charge on any atom is 0.236 e. The Hall–Kier alpha value is -1.10. The molecule has 1 aliphatic carbocycles. The van der Waals surface area contributed by atoms with Gasteiger partial charge in [-0.15, -0.1) is 0 Å². The lowest BCUT2D eigenvalue weighted by atomic mass is 10.0. The lowest BCUT2D eigenvalue weighted by Gasteiger charge is -2.32. The monoisotopic (exact) mass is 267 g/mol. The van der Waals surface area contributed by atoms with Crippen molar-refractivity contribution in [3.63, 3.8) is 0 Å². The van der Waals surface area contributed by atoms with Crippen LogP contribution in [0.1, 0.15) is 39.5 Å². The summed E-state index contributed by atoms with van der Waals surface area (Å²) in [7, 11) is 0. The van der Waals surface area contributed by atoms with Crippen LogP contribution in [0, 0.1) is 5.92 Å². The van der Waals surface area contributed by atoms with Crippen molar-refractivity contribution < 1.29 is 9.59 Å². The van der Waals surface area contributed by atoms with E-state index in [0.29, 0.717) is 12.6 Å². The minimum atomic E-state index is 0.167. The first-order valence-corrected chi connectivity index (χ1v) is 7.38. The lowest BCUT2D eigenvalue weighted by Crippen LogP contribution is -2.49. The third-order valence-corrected chi connectivity index (χ3v) is 3.80. The molecule has 2 aliphatic rings. The molecular weight excluding hydrogens is 242 g/mol. The van der Waals surface area contributed by atoms with Crippen LogP contribution in [0.15, 0.2) is 0 Å². The zero-order valence-corrected chi connectivity index (χ0v) is 11.9. The lowest BCUT2D eigenvalue weighted by molar-refractivity contribution is -0.131. The van der Waals surface area contributed by atoms with Gasteiger partial charge >= 0.3 is 0 Å². The van der Waals surface area contributed by atoms with Crippen molar-refractivity contribution in [3.05, 3.63) is 0 Å². The topological polar surface area (TPSA) is 61.4 Å². The number of carbonyl (C=O) groups is 2. The van der Waals surface area contributed by atoms with Gasteiger partial charge in [-0.1, -0.05) is 13.8 Å². The van der Waals surface area contributed by atoms with E-state index in [1.54, 1.807) is 0 Å². The van der Waals surface area contributed by atoms with Crippen molar-refractivity contribution in [1.29, 1.82) is 0 Å². The summed E-state index contributed by atoms with van der Waals surface area (Å²) in [5.74, 6) is 0.654. The predicted octanol–water partition coefficient (Wildman–Crippen LogP) is 0.502. The summed E-state index contributed by atoms with van der Waals surface area (Å²) in [5.41, 5.74) is 0. The molecule has 2 N–H and O–H groups in total. The quantitative estimate of drug-likeness (QED) is 0.762. The van der Waals surface area contributed by atoms with Crippen molar-refractivity contribution in [2.75, 3.05) is 19.6 Å². The van der Waals surface area contributed by atoms with Gasteiger partial charge in [0.05, 0.1) is 6.54 Å². The minimum absolute atomic E-state index is 0.167. The van der Waals surface area contributed by atoms with Crippen LogP contribution in [-0.4, -0.2) is 48.4 Å². The van der Waals surface area contributed by atoms with Gasteiger partial charge in [-0.3, -0.25) is 9.59 Å². The molecule has 2 fully saturated rings. The Morgan fingerprint density at radius 1 is 1.16 bits per heavy atom. The Morgan fingerprint density at radius 2 is 1.79 bits per heavy atom. The SMILES string of the molecule is CC(C)NCC(=O)N1CCC(NC(=O)C2CC2)CC1. The first-order valence-electron chi connectivity index (χ1n) is 7.38. The summed E-state index contributed by atoms with van der Waals surface area (Å²) < 4.78 is 0. The Balaban J connectivity index is 1.66. The van der Waals surface area contributed by atoms with Gasteiger partial charge in [-0.25, -0.2) is 0 Å². The van der Waals surface area contributed by atoms with Gasteiger partial charge in [0.25, 0.3) is 0 Å². The van der Waals surface area contributed by atoms with E-state index in [9.17, 15) is 9.59 Å². The van der Waals surface area contributed by atoms with Crippen LogP contribution in [-0.2, 0) is 9.59 Å². The van der Waals surface area contributed by atoms with Crippen LogP contribution in [0.25, 0.3) is 0 Å². The number of hydrogen-bond donors (Lipinski definition) is 2. The highest BCUT2D eigenvalue weighted by Gasteiger charge is 2.32. The van der Waals surface area contributed by atoms with Crippen molar-refractivity contribution in [2.24, 2.45) is 5.92 Å². The molecule has 19 heavy (non-hydrogen) atoms. The number of carbonyl (C=O) groups excluding carboxylic acids is 2. The number of amides is 2. The van der Waals surface area contributed by atoms with Gasteiger partial charge in [-0.05, 0) is 25.7 Å². The molecule has 0 bridgehead atoms. The van der Waals surface area contributed by atoms with Crippen LogP contribution in [0.4, 0.5) is 0 Å². The molecule has 1 saturated heterocycles. The summed E-state index contributed by atoms with van der Waals surface area (Å²) in [4.78, 5) is 25.5. The molecule has 1 saturated carbocycles. The maximum atomic E-state index is 11.9. The number of hydrogen-bond acceptors (Lipinski definition) is 3. The highest BCUT2D eigenvalue weighted by Crippen LogP contribution is 2.29. The molecule has 0 aromatic carbocycles. The Labute approximate surface area is 115 Å². The number of nitrogens with one attached hydrogen (secondary N) is 2. The molecule has 0 aromatic rings. The molecule has 0 spiro atoms. The van der Waals surface area contributed by atoms with E-state index in [-0.39, 0.29) is 23.8 Å². The van der Waals surface area contributed by atoms with Crippen molar-refractivity contribution in [3.8, 4) is 0 Å². The van der Waals surface area contributed by atoms with Gasteiger partial charge in [-0.2, -0.15) is 0 Å². The Kier molecular flexibility index (Phi) is 4.80. The third-order valence-electron chi connectivity index (χ3n) is 3.80. The van der Waals surface area contributed by atoms with Crippen LogP contribution in [0.2, 0.25) is 0 Å². The van der Waals surface area contributed by atoms with E-state index in [1.807, 2.05) is 18.7 Å². The number of piperidine rings is 1. The summed E-state index contributed by atoms with van der Waals surface area (Å²) in [6.45, 7) is 6.00. The van der Waals surface area contributed by atoms with E-state index in [1.165, 1.54) is 0 Å². The van der Waals surface area contributed by atoms with Crippen molar-refractivity contribution in [2.45, 2.75) is 51.6 Å². The average Bonchev–Trinajstić information content (AvgIpc) is 3.21. The van der Waals surface area contributed by atoms with E-state index in [0.717, 1.165) is 38.8 Å². The second-order valence-corrected chi connectivity index (χ2v) is 5.97. The maximum absolute atomic E-state index is 11.9. The van der Waals surface area contributed by atoms with Gasteiger partial charge in [0.1, 0.15) is 0 Å². The molecule has 1 aliphatic heterocycles. The predicted molar refractivity (Wildman–Crippen MR) is 73.6 cm³/mol. The zero-order chi connectivity index (χ0) is 13.8. The minimum Gasteiger partial charge on any atom is -0.353 e. The molecule has 5 heteroatoms. The normalized spacial score (nSPS) is 20.7. The van der Waals surface area contributed by atoms with Crippen LogP contribution >= 0.6 is 0 Å². The van der Waals surface area contributed by atoms with Gasteiger partial charge in [0.15, 0.2) is 0 Å². The molecular formula is C14H25N3O2. The molecule has 0 atom stereocenters. The highest BCUT2D eigenvalue weighted by atomic mass is 16.2. The van der Waals surface area contributed by atoms with E-state index >= 15 is 0 Å². The van der Waals surface area contributed by atoms with Crippen LogP contribution in [0.3, 0.4) is 0 Å². The van der Waals surface area contributed by atoms with E-state index < -0.39 is 0 Å². The van der Waals surface area contributed by atoms with Crippen LogP contribution in [0.5, 0.6) is 0 Å². The molecule has 5 nitrogen and oxygen atoms in total. The second kappa shape index (κ2) is 6.37. The standard InChI is InChI=1S/C14H25N3O2/c1-10(2)15-9-13(18)17-7-5-12(6-8-17)16-14(19)11-3-4-11/h10-12,15H,3-9H2,1-2H3,(H,16,19). The third kappa shape index (κ3) is 4.49. The molecule has 0 radical (unpaired) electrons. The fourth-order valence-corrected chi connectivity index (χ4v) is 2.34. The summed E-state index contributed by atoms with van der Waals surface area (Å²) in [5, 5.41) is 6.25. The largest absolute Gasteiger partial charge is 0.353 e. The Morgan fingerprint density at radius 3 is 2.32 bits per heavy atom. The fourth-order valence-electron chi connectivity index (χ4n) is 2.34. The molecule has 2 amide bonds. The number of likely N-dealkylation sites (tertiary alicyclic amines) is 1. The van der Waals surface area contributed by atoms with Crippen molar-refractivity contribution in [1.82, 2.24) is 15.5 Å². The first kappa shape index (κ1) is 14.3. The summed E-state index contributed by atoms with van der Waals surface area (Å²) >= 11 is 0. The van der Waals surface area contributed by atoms with E-state index in [2.05, 4.69) is 10.6 Å². The van der Waals surface area contributed by atoms with Gasteiger partial charge < -0.3 is 15.5 Å². The number of nitrogens with zero attached hydrogens (tertiary/aromatic N) is 1. The summed E-state index contributed by atoms with van der Waals surface area (Å²) in [6.07, 6.45) is 3.85. The average molecular weight is 267 g/mol. The molecule has 0 unspecified atom stereocenters. The highest BCUT2D eigenvalue weighted by molar-refractivity contribution is 5.81. The molecule has 1 heterocycles. The molecule has 2 rings (SSSR count). The first-order chi connectivity index (χ1) is 9.06. The van der Waals surface area contributed by atoms with Crippen molar-refractivity contribution >= 4 is 11.8 Å². The molecule has 108 valence electrons. The van der Waals surface area contributed by atoms with E-state index in [4.69, 9.17) is 0 Å². The second-order valence-electron chi connectivity index (χ2n) is 5.97. The smallest absolute Gasteiger partial charge is 0.236 e. The van der Waals surface area contributed by atoms with Gasteiger partial charge in [0.2, 0.25) is 11.8 Å².